The van der Waals surface area contributed by atoms with E-state index < -0.39 is 23.9 Å². The summed E-state index contributed by atoms with van der Waals surface area (Å²) in [7, 11) is 0. The van der Waals surface area contributed by atoms with Crippen molar-refractivity contribution in [2.45, 2.75) is 37.3 Å². The zero-order chi connectivity index (χ0) is 18.3. The topological polar surface area (TPSA) is 85.3 Å². The highest BCUT2D eigenvalue weighted by Gasteiger charge is 2.46. The van der Waals surface area contributed by atoms with Crippen molar-refractivity contribution >= 4 is 22.9 Å². The van der Waals surface area contributed by atoms with Gasteiger partial charge in [-0.1, -0.05) is 0 Å². The van der Waals surface area contributed by atoms with E-state index in [9.17, 15) is 13.6 Å². The van der Waals surface area contributed by atoms with Crippen molar-refractivity contribution in [3.05, 3.63) is 40.8 Å². The van der Waals surface area contributed by atoms with E-state index in [1.807, 2.05) is 6.07 Å². The molecule has 0 unspecified atom stereocenters. The van der Waals surface area contributed by atoms with E-state index in [0.29, 0.717) is 23.4 Å². The molecule has 3 aromatic heterocycles. The predicted octanol–water partition coefficient (Wildman–Crippen LogP) is 2.70. The normalized spacial score (nSPS) is 22.4. The zero-order valence-electron chi connectivity index (χ0n) is 13.7. The molecule has 0 aliphatic heterocycles. The number of nitrogens with zero attached hydrogens (tertiary/aromatic N) is 3. The molecule has 3 aromatic rings. The Morgan fingerprint density at radius 2 is 2.31 bits per heavy atom. The number of thiophene rings is 1. The fraction of sp³-hybridized carbons (Fsp3) is 0.353. The van der Waals surface area contributed by atoms with Crippen molar-refractivity contribution in [2.24, 2.45) is 5.73 Å². The van der Waals surface area contributed by atoms with Gasteiger partial charge < -0.3 is 11.1 Å². The molecule has 1 aliphatic rings. The molecule has 2 atom stereocenters. The lowest BCUT2D eigenvalue weighted by molar-refractivity contribution is -0.0674. The summed E-state index contributed by atoms with van der Waals surface area (Å²) in [5.41, 5.74) is 7.99. The third-order valence-corrected chi connectivity index (χ3v) is 5.54. The van der Waals surface area contributed by atoms with Crippen molar-refractivity contribution < 1.29 is 13.6 Å². The van der Waals surface area contributed by atoms with Gasteiger partial charge in [-0.25, -0.2) is 18.3 Å². The van der Waals surface area contributed by atoms with Crippen LogP contribution in [0.3, 0.4) is 0 Å². The summed E-state index contributed by atoms with van der Waals surface area (Å²) in [5, 5.41) is 8.45. The van der Waals surface area contributed by atoms with Gasteiger partial charge in [0.1, 0.15) is 6.04 Å². The Bertz CT molecular complexity index is 953. The average molecular weight is 377 g/mol. The summed E-state index contributed by atoms with van der Waals surface area (Å²) < 4.78 is 29.8. The van der Waals surface area contributed by atoms with Crippen LogP contribution < -0.4 is 11.1 Å². The Labute approximate surface area is 152 Å². The molecule has 6 nitrogen and oxygen atoms in total. The second-order valence-corrected chi connectivity index (χ2v) is 7.32. The molecular formula is C17H17F2N5OS. The van der Waals surface area contributed by atoms with Crippen LogP contribution in [0.2, 0.25) is 0 Å². The minimum absolute atomic E-state index is 0.255. The first kappa shape index (κ1) is 17.0. The number of rotatable bonds is 3. The van der Waals surface area contributed by atoms with Gasteiger partial charge in [-0.3, -0.25) is 4.79 Å². The standard InChI is InChI=1S/C17H17F2N5OS/c18-17(19)5-1-3-11(20)15(17)23-16(25)13-7-10(9-26-13)12-8-21-14-4-2-6-22-24(12)14/h2,4,6-9,11,15H,1,3,5,20H2,(H,23,25)/t11-,15-/m1/s1. The van der Waals surface area contributed by atoms with Crippen LogP contribution in [0, 0.1) is 0 Å². The first-order valence-electron chi connectivity index (χ1n) is 8.27. The third-order valence-electron chi connectivity index (χ3n) is 4.61. The maximum absolute atomic E-state index is 14.1. The SMILES string of the molecule is N[C@@H]1CCCC(F)(F)[C@@H]1NC(=O)c1cc(-c2cnc3cccnn23)cs1. The molecule has 136 valence electrons. The Hall–Kier alpha value is -2.39. The lowest BCUT2D eigenvalue weighted by Gasteiger charge is -2.36. The maximum Gasteiger partial charge on any atom is 0.269 e. The maximum atomic E-state index is 14.1. The number of nitrogens with two attached hydrogens (primary N) is 1. The van der Waals surface area contributed by atoms with E-state index in [4.69, 9.17) is 5.73 Å². The number of fused-ring (bicyclic) bond motifs is 1. The summed E-state index contributed by atoms with van der Waals surface area (Å²) >= 11 is 1.19. The molecule has 3 N–H and O–H groups in total. The Balaban J connectivity index is 1.57. The number of imidazole rings is 1. The number of hydrogen-bond donors (Lipinski definition) is 2. The minimum atomic E-state index is -2.99. The molecule has 1 saturated carbocycles. The number of nitrogens with one attached hydrogen (secondary N) is 1. The van der Waals surface area contributed by atoms with Gasteiger partial charge in [-0.2, -0.15) is 5.10 Å². The van der Waals surface area contributed by atoms with Crippen molar-refractivity contribution in [3.8, 4) is 11.3 Å². The molecular weight excluding hydrogens is 360 g/mol. The van der Waals surface area contributed by atoms with Gasteiger partial charge >= 0.3 is 0 Å². The number of aromatic nitrogens is 3. The van der Waals surface area contributed by atoms with Crippen LogP contribution in [-0.2, 0) is 0 Å². The summed E-state index contributed by atoms with van der Waals surface area (Å²) in [6.45, 7) is 0. The quantitative estimate of drug-likeness (QED) is 0.735. The number of amides is 1. The van der Waals surface area contributed by atoms with Crippen LogP contribution >= 0.6 is 11.3 Å². The van der Waals surface area contributed by atoms with Gasteiger partial charge in [-0.15, -0.1) is 11.3 Å². The van der Waals surface area contributed by atoms with E-state index in [1.165, 1.54) is 11.3 Å². The lowest BCUT2D eigenvalue weighted by Crippen LogP contribution is -2.59. The van der Waals surface area contributed by atoms with Crippen LogP contribution in [-0.4, -0.2) is 38.5 Å². The first-order valence-corrected chi connectivity index (χ1v) is 9.15. The Morgan fingerprint density at radius 1 is 1.46 bits per heavy atom. The second-order valence-electron chi connectivity index (χ2n) is 6.40. The molecule has 4 rings (SSSR count). The third kappa shape index (κ3) is 2.97. The summed E-state index contributed by atoms with van der Waals surface area (Å²) in [6, 6.07) is 3.18. The average Bonchev–Trinajstić information content (AvgIpc) is 3.24. The van der Waals surface area contributed by atoms with E-state index in [-0.39, 0.29) is 6.42 Å². The molecule has 0 aromatic carbocycles. The van der Waals surface area contributed by atoms with Crippen LogP contribution in [0.25, 0.3) is 16.9 Å². The van der Waals surface area contributed by atoms with Gasteiger partial charge in [0.2, 0.25) is 0 Å². The van der Waals surface area contributed by atoms with Crippen molar-refractivity contribution in [1.29, 1.82) is 0 Å². The second kappa shape index (κ2) is 6.40. The molecule has 1 amide bonds. The highest BCUT2D eigenvalue weighted by Crippen LogP contribution is 2.33. The summed E-state index contributed by atoms with van der Waals surface area (Å²) in [5.74, 6) is -3.52. The van der Waals surface area contributed by atoms with Crippen LogP contribution in [0.4, 0.5) is 8.78 Å². The van der Waals surface area contributed by atoms with E-state index in [0.717, 1.165) is 11.3 Å². The number of halogens is 2. The minimum Gasteiger partial charge on any atom is -0.341 e. The number of carbonyl (C=O) groups excluding carboxylic acids is 1. The van der Waals surface area contributed by atoms with Crippen molar-refractivity contribution in [1.82, 2.24) is 19.9 Å². The monoisotopic (exact) mass is 377 g/mol. The summed E-state index contributed by atoms with van der Waals surface area (Å²) in [6.07, 6.45) is 3.89. The molecule has 0 radical (unpaired) electrons. The Kier molecular flexibility index (Phi) is 4.20. The van der Waals surface area contributed by atoms with Gasteiger partial charge in [0.05, 0.1) is 16.8 Å². The smallest absolute Gasteiger partial charge is 0.269 e. The van der Waals surface area contributed by atoms with Crippen molar-refractivity contribution in [3.63, 3.8) is 0 Å². The van der Waals surface area contributed by atoms with Crippen molar-refractivity contribution in [2.75, 3.05) is 0 Å². The van der Waals surface area contributed by atoms with E-state index in [2.05, 4.69) is 15.4 Å². The largest absolute Gasteiger partial charge is 0.341 e. The van der Waals surface area contributed by atoms with Crippen LogP contribution in [0.1, 0.15) is 28.9 Å². The van der Waals surface area contributed by atoms with Crippen LogP contribution in [0.5, 0.6) is 0 Å². The zero-order valence-corrected chi connectivity index (χ0v) is 14.5. The van der Waals surface area contributed by atoms with E-state index >= 15 is 0 Å². The van der Waals surface area contributed by atoms with Gasteiger partial charge in [0, 0.05) is 29.6 Å². The fourth-order valence-electron chi connectivity index (χ4n) is 3.25. The number of carbonyl (C=O) groups is 1. The van der Waals surface area contributed by atoms with Gasteiger partial charge in [0.25, 0.3) is 11.8 Å². The molecule has 3 heterocycles. The van der Waals surface area contributed by atoms with Gasteiger partial charge in [0.15, 0.2) is 5.65 Å². The molecule has 9 heteroatoms. The van der Waals surface area contributed by atoms with Crippen LogP contribution in [0.15, 0.2) is 36.0 Å². The fourth-order valence-corrected chi connectivity index (χ4v) is 4.05. The highest BCUT2D eigenvalue weighted by atomic mass is 32.1. The molecule has 26 heavy (non-hydrogen) atoms. The number of hydrogen-bond acceptors (Lipinski definition) is 5. The molecule has 1 aliphatic carbocycles. The van der Waals surface area contributed by atoms with Gasteiger partial charge in [-0.05, 0) is 31.0 Å². The highest BCUT2D eigenvalue weighted by molar-refractivity contribution is 7.12. The summed E-state index contributed by atoms with van der Waals surface area (Å²) in [4.78, 5) is 17.1. The molecule has 0 bridgehead atoms. The van der Waals surface area contributed by atoms with E-state index in [1.54, 1.807) is 34.4 Å². The molecule has 0 saturated heterocycles. The molecule has 0 spiro atoms. The predicted molar refractivity (Wildman–Crippen MR) is 94.3 cm³/mol. The number of alkyl halides is 2. The Morgan fingerprint density at radius 3 is 3.12 bits per heavy atom. The molecule has 1 fully saturated rings. The first-order chi connectivity index (χ1) is 12.5. The lowest BCUT2D eigenvalue weighted by atomic mass is 9.87.